The molecule has 0 bridgehead atoms. The second-order valence-corrected chi connectivity index (χ2v) is 8.98. The molecule has 6 heteroatoms. The van der Waals surface area contributed by atoms with Crippen LogP contribution in [-0.2, 0) is 16.6 Å². The Hall–Kier alpha value is -3.64. The molecule has 0 aliphatic heterocycles. The predicted octanol–water partition coefficient (Wildman–Crippen LogP) is 4.91. The number of amides is 1. The lowest BCUT2D eigenvalue weighted by Gasteiger charge is -2.19. The van der Waals surface area contributed by atoms with Crippen molar-refractivity contribution in [2.45, 2.75) is 11.4 Å². The van der Waals surface area contributed by atoms with Gasteiger partial charge in [0.15, 0.2) is 0 Å². The molecule has 1 amide bonds. The summed E-state index contributed by atoms with van der Waals surface area (Å²) in [5.74, 6) is -0.246. The largest absolute Gasteiger partial charge is 0.337 e. The van der Waals surface area contributed by atoms with Gasteiger partial charge < -0.3 is 4.90 Å². The molecular weight excluding hydrogens is 408 g/mol. The van der Waals surface area contributed by atoms with E-state index in [1.54, 1.807) is 48.3 Å². The number of para-hydroxylation sites is 1. The van der Waals surface area contributed by atoms with Gasteiger partial charge in [-0.1, -0.05) is 66.7 Å². The number of fused-ring (bicyclic) bond motifs is 1. The molecule has 0 saturated carbocycles. The molecule has 0 aromatic heterocycles. The number of hydrogen-bond acceptors (Lipinski definition) is 3. The van der Waals surface area contributed by atoms with E-state index in [9.17, 15) is 13.2 Å². The van der Waals surface area contributed by atoms with Crippen LogP contribution in [0.15, 0.2) is 102 Å². The number of benzene rings is 4. The molecule has 0 saturated heterocycles. The summed E-state index contributed by atoms with van der Waals surface area (Å²) in [4.78, 5) is 14.7. The zero-order chi connectivity index (χ0) is 21.8. The molecular formula is C25H22N2O3S. The number of nitrogens with zero attached hydrogens (tertiary/aromatic N) is 1. The van der Waals surface area contributed by atoms with Gasteiger partial charge in [-0.25, -0.2) is 8.42 Å². The van der Waals surface area contributed by atoms with E-state index in [-0.39, 0.29) is 10.8 Å². The first-order valence-corrected chi connectivity index (χ1v) is 11.3. The van der Waals surface area contributed by atoms with Crippen LogP contribution in [0, 0.1) is 0 Å². The Kier molecular flexibility index (Phi) is 5.73. The van der Waals surface area contributed by atoms with Crippen LogP contribution in [0.5, 0.6) is 0 Å². The van der Waals surface area contributed by atoms with Gasteiger partial charge in [-0.3, -0.25) is 9.52 Å². The summed E-state index contributed by atoms with van der Waals surface area (Å²) in [6, 6.07) is 28.8. The first kappa shape index (κ1) is 20.6. The summed E-state index contributed by atoms with van der Waals surface area (Å²) >= 11 is 0. The van der Waals surface area contributed by atoms with E-state index in [0.717, 1.165) is 16.3 Å². The van der Waals surface area contributed by atoms with Gasteiger partial charge in [-0.05, 0) is 46.7 Å². The fraction of sp³-hybridized carbons (Fsp3) is 0.0800. The number of anilines is 1. The number of hydrogen-bond donors (Lipinski definition) is 1. The van der Waals surface area contributed by atoms with E-state index in [4.69, 9.17) is 0 Å². The lowest BCUT2D eigenvalue weighted by molar-refractivity contribution is 0.0785. The Morgan fingerprint density at radius 1 is 0.839 bits per heavy atom. The van der Waals surface area contributed by atoms with Crippen molar-refractivity contribution in [1.29, 1.82) is 0 Å². The average molecular weight is 431 g/mol. The highest BCUT2D eigenvalue weighted by atomic mass is 32.2. The fourth-order valence-corrected chi connectivity index (χ4v) is 4.60. The van der Waals surface area contributed by atoms with E-state index in [2.05, 4.69) is 4.72 Å². The van der Waals surface area contributed by atoms with Gasteiger partial charge in [0, 0.05) is 24.8 Å². The minimum atomic E-state index is -3.80. The minimum Gasteiger partial charge on any atom is -0.337 e. The van der Waals surface area contributed by atoms with E-state index >= 15 is 0 Å². The van der Waals surface area contributed by atoms with Crippen molar-refractivity contribution in [3.05, 3.63) is 108 Å². The summed E-state index contributed by atoms with van der Waals surface area (Å²) in [5.41, 5.74) is 1.81. The first-order chi connectivity index (χ1) is 14.9. The lowest BCUT2D eigenvalue weighted by Crippen LogP contribution is -2.26. The van der Waals surface area contributed by atoms with E-state index < -0.39 is 10.0 Å². The van der Waals surface area contributed by atoms with Gasteiger partial charge in [0.1, 0.15) is 0 Å². The van der Waals surface area contributed by atoms with E-state index in [1.807, 2.05) is 48.5 Å². The van der Waals surface area contributed by atoms with Crippen molar-refractivity contribution in [2.75, 3.05) is 11.8 Å². The van der Waals surface area contributed by atoms with Gasteiger partial charge in [0.05, 0.1) is 4.90 Å². The van der Waals surface area contributed by atoms with Crippen LogP contribution in [0.4, 0.5) is 5.69 Å². The maximum Gasteiger partial charge on any atom is 0.261 e. The molecule has 0 heterocycles. The van der Waals surface area contributed by atoms with Gasteiger partial charge in [-0.2, -0.15) is 0 Å². The van der Waals surface area contributed by atoms with Crippen LogP contribution in [-0.4, -0.2) is 26.3 Å². The Bertz CT molecular complexity index is 1330. The molecule has 0 aliphatic rings. The third kappa shape index (κ3) is 4.59. The number of nitrogens with one attached hydrogen (secondary N) is 1. The highest BCUT2D eigenvalue weighted by Gasteiger charge is 2.19. The Balaban J connectivity index is 1.56. The molecule has 31 heavy (non-hydrogen) atoms. The van der Waals surface area contributed by atoms with Crippen LogP contribution in [0.1, 0.15) is 15.9 Å². The smallest absolute Gasteiger partial charge is 0.261 e. The van der Waals surface area contributed by atoms with Crippen molar-refractivity contribution >= 4 is 32.4 Å². The molecule has 0 atom stereocenters. The predicted molar refractivity (Wildman–Crippen MR) is 123 cm³/mol. The first-order valence-electron chi connectivity index (χ1n) is 9.84. The van der Waals surface area contributed by atoms with Crippen molar-refractivity contribution in [3.8, 4) is 0 Å². The van der Waals surface area contributed by atoms with Gasteiger partial charge in [0.2, 0.25) is 0 Å². The zero-order valence-corrected chi connectivity index (χ0v) is 17.8. The second-order valence-electron chi connectivity index (χ2n) is 7.30. The quantitative estimate of drug-likeness (QED) is 0.472. The standard InChI is InChI=1S/C25H22N2O3S/c1-27(18-21-12-7-10-19-9-5-6-16-24(19)21)25(28)20-11-8-15-23(17-20)31(29,30)26-22-13-3-2-4-14-22/h2-17,26H,18H2,1H3. The highest BCUT2D eigenvalue weighted by Crippen LogP contribution is 2.21. The molecule has 0 unspecified atom stereocenters. The van der Waals surface area contributed by atoms with Crippen LogP contribution in [0.25, 0.3) is 10.8 Å². The second kappa shape index (κ2) is 8.62. The monoisotopic (exact) mass is 430 g/mol. The molecule has 4 aromatic carbocycles. The van der Waals surface area contributed by atoms with Crippen LogP contribution >= 0.6 is 0 Å². The van der Waals surface area contributed by atoms with Crippen LogP contribution in [0.3, 0.4) is 0 Å². The summed E-state index contributed by atoms with van der Waals surface area (Å²) < 4.78 is 28.0. The van der Waals surface area contributed by atoms with Crippen molar-refractivity contribution < 1.29 is 13.2 Å². The Labute approximate surface area is 182 Å². The number of sulfonamides is 1. The van der Waals surface area contributed by atoms with Gasteiger partial charge >= 0.3 is 0 Å². The summed E-state index contributed by atoms with van der Waals surface area (Å²) in [6.07, 6.45) is 0. The maximum atomic E-state index is 13.0. The number of carbonyl (C=O) groups is 1. The third-order valence-corrected chi connectivity index (χ3v) is 6.43. The molecule has 0 aliphatic carbocycles. The Morgan fingerprint density at radius 3 is 2.32 bits per heavy atom. The molecule has 156 valence electrons. The third-order valence-electron chi connectivity index (χ3n) is 5.05. The van der Waals surface area contributed by atoms with E-state index in [0.29, 0.717) is 17.8 Å². The summed E-state index contributed by atoms with van der Waals surface area (Å²) in [7, 11) is -2.09. The molecule has 0 radical (unpaired) electrons. The molecule has 0 spiro atoms. The average Bonchev–Trinajstić information content (AvgIpc) is 2.79. The number of carbonyl (C=O) groups excluding carboxylic acids is 1. The summed E-state index contributed by atoms with van der Waals surface area (Å²) in [6.45, 7) is 0.416. The molecule has 5 nitrogen and oxygen atoms in total. The normalized spacial score (nSPS) is 11.3. The highest BCUT2D eigenvalue weighted by molar-refractivity contribution is 7.92. The molecule has 4 aromatic rings. The van der Waals surface area contributed by atoms with Crippen molar-refractivity contribution in [3.63, 3.8) is 0 Å². The minimum absolute atomic E-state index is 0.0424. The summed E-state index contributed by atoms with van der Waals surface area (Å²) in [5, 5.41) is 2.20. The zero-order valence-electron chi connectivity index (χ0n) is 17.0. The lowest BCUT2D eigenvalue weighted by atomic mass is 10.0. The topological polar surface area (TPSA) is 66.5 Å². The van der Waals surface area contributed by atoms with Crippen LogP contribution < -0.4 is 4.72 Å². The van der Waals surface area contributed by atoms with E-state index in [1.165, 1.54) is 12.1 Å². The van der Waals surface area contributed by atoms with Crippen molar-refractivity contribution in [2.24, 2.45) is 0 Å². The fourth-order valence-electron chi connectivity index (χ4n) is 3.49. The van der Waals surface area contributed by atoms with Gasteiger partial charge in [-0.15, -0.1) is 0 Å². The Morgan fingerprint density at radius 2 is 1.52 bits per heavy atom. The number of rotatable bonds is 6. The SMILES string of the molecule is CN(Cc1cccc2ccccc12)C(=O)c1cccc(S(=O)(=O)Nc2ccccc2)c1. The van der Waals surface area contributed by atoms with Crippen LogP contribution in [0.2, 0.25) is 0 Å². The van der Waals surface area contributed by atoms with Crippen molar-refractivity contribution in [1.82, 2.24) is 4.90 Å². The molecule has 0 fully saturated rings. The van der Waals surface area contributed by atoms with Gasteiger partial charge in [0.25, 0.3) is 15.9 Å². The molecule has 1 N–H and O–H groups in total. The molecule has 4 rings (SSSR count). The maximum absolute atomic E-state index is 13.0.